The lowest BCUT2D eigenvalue weighted by Crippen LogP contribution is -2.46. The van der Waals surface area contributed by atoms with Gasteiger partial charge in [0.05, 0.1) is 0 Å². The molecule has 1 aliphatic heterocycles. The van der Waals surface area contributed by atoms with Crippen LogP contribution in [0.1, 0.15) is 35.7 Å². The molecular formula is C15H22N6O. The molecule has 1 aliphatic carbocycles. The maximum Gasteiger partial charge on any atom is 0.244 e. The molecule has 0 radical (unpaired) electrons. The molecule has 0 saturated carbocycles. The van der Waals surface area contributed by atoms with Crippen molar-refractivity contribution in [2.45, 2.75) is 39.2 Å². The van der Waals surface area contributed by atoms with E-state index in [0.717, 1.165) is 68.8 Å². The highest BCUT2D eigenvalue weighted by Gasteiger charge is 2.24. The molecule has 1 fully saturated rings. The van der Waals surface area contributed by atoms with E-state index in [0.29, 0.717) is 0 Å². The highest BCUT2D eigenvalue weighted by molar-refractivity contribution is 5.30. The first-order valence-corrected chi connectivity index (χ1v) is 8.12. The molecule has 7 nitrogen and oxygen atoms in total. The standard InChI is InChI=1S/C15H22N6O/c1-11-16-15(18-17-11)21-8-6-20(7-9-21)10-13-12-4-2-3-5-14(12)22-19-13/h2-10H2,1H3,(H,16,17,18). The minimum atomic E-state index is 0.816. The third-order valence-corrected chi connectivity index (χ3v) is 4.65. The van der Waals surface area contributed by atoms with Gasteiger partial charge < -0.3 is 9.42 Å². The van der Waals surface area contributed by atoms with Crippen molar-refractivity contribution in [1.29, 1.82) is 0 Å². The number of aromatic nitrogens is 4. The van der Waals surface area contributed by atoms with Crippen molar-refractivity contribution in [3.05, 3.63) is 22.8 Å². The molecule has 0 unspecified atom stereocenters. The van der Waals surface area contributed by atoms with Crippen LogP contribution < -0.4 is 4.90 Å². The maximum atomic E-state index is 5.51. The van der Waals surface area contributed by atoms with Gasteiger partial charge in [-0.2, -0.15) is 4.98 Å². The van der Waals surface area contributed by atoms with Crippen LogP contribution in [-0.4, -0.2) is 51.4 Å². The van der Waals surface area contributed by atoms with Crippen LogP contribution in [0.4, 0.5) is 5.95 Å². The van der Waals surface area contributed by atoms with Crippen molar-refractivity contribution in [2.24, 2.45) is 0 Å². The number of aryl methyl sites for hydroxylation is 2. The number of fused-ring (bicyclic) bond motifs is 1. The number of H-pyrrole nitrogens is 1. The van der Waals surface area contributed by atoms with Crippen LogP contribution in [0.5, 0.6) is 0 Å². The summed E-state index contributed by atoms with van der Waals surface area (Å²) in [5.74, 6) is 2.80. The summed E-state index contributed by atoms with van der Waals surface area (Å²) in [7, 11) is 0. The summed E-state index contributed by atoms with van der Waals surface area (Å²) in [6.07, 6.45) is 4.68. The SMILES string of the molecule is Cc1nc(N2CCN(Cc3noc4c3CCCC4)CC2)n[nH]1. The van der Waals surface area contributed by atoms with Crippen molar-refractivity contribution < 1.29 is 4.52 Å². The van der Waals surface area contributed by atoms with Crippen LogP contribution in [0.2, 0.25) is 0 Å². The zero-order valence-electron chi connectivity index (χ0n) is 13.0. The lowest BCUT2D eigenvalue weighted by molar-refractivity contribution is 0.240. The molecule has 2 aromatic rings. The van der Waals surface area contributed by atoms with E-state index in [9.17, 15) is 0 Å². The minimum Gasteiger partial charge on any atom is -0.361 e. The van der Waals surface area contributed by atoms with Gasteiger partial charge in [0.2, 0.25) is 5.95 Å². The Labute approximate surface area is 129 Å². The van der Waals surface area contributed by atoms with Crippen LogP contribution in [0.15, 0.2) is 4.52 Å². The molecule has 2 aromatic heterocycles. The summed E-state index contributed by atoms with van der Waals surface area (Å²) in [5.41, 5.74) is 2.52. The molecule has 7 heteroatoms. The van der Waals surface area contributed by atoms with Crippen molar-refractivity contribution in [2.75, 3.05) is 31.1 Å². The molecule has 22 heavy (non-hydrogen) atoms. The topological polar surface area (TPSA) is 74.1 Å². The van der Waals surface area contributed by atoms with Crippen molar-refractivity contribution in [1.82, 2.24) is 25.2 Å². The van der Waals surface area contributed by atoms with E-state index < -0.39 is 0 Å². The molecule has 1 saturated heterocycles. The van der Waals surface area contributed by atoms with E-state index in [4.69, 9.17) is 4.52 Å². The Hall–Kier alpha value is -1.89. The van der Waals surface area contributed by atoms with Gasteiger partial charge in [0.25, 0.3) is 0 Å². The predicted octanol–water partition coefficient (Wildman–Crippen LogP) is 1.30. The van der Waals surface area contributed by atoms with Gasteiger partial charge in [-0.05, 0) is 26.2 Å². The summed E-state index contributed by atoms with van der Waals surface area (Å²) < 4.78 is 5.51. The maximum absolute atomic E-state index is 5.51. The van der Waals surface area contributed by atoms with Gasteiger partial charge in [0, 0.05) is 44.7 Å². The van der Waals surface area contributed by atoms with E-state index in [1.807, 2.05) is 6.92 Å². The second kappa shape index (κ2) is 5.72. The third-order valence-electron chi connectivity index (χ3n) is 4.65. The number of hydrogen-bond acceptors (Lipinski definition) is 6. The first-order chi connectivity index (χ1) is 10.8. The Kier molecular flexibility index (Phi) is 3.57. The normalized spacial score (nSPS) is 19.4. The first kappa shape index (κ1) is 13.8. The van der Waals surface area contributed by atoms with Crippen LogP contribution >= 0.6 is 0 Å². The summed E-state index contributed by atoms with van der Waals surface area (Å²) >= 11 is 0. The van der Waals surface area contributed by atoms with Crippen LogP contribution in [-0.2, 0) is 19.4 Å². The lowest BCUT2D eigenvalue weighted by Gasteiger charge is -2.33. The summed E-state index contributed by atoms with van der Waals surface area (Å²) in [4.78, 5) is 9.09. The molecule has 4 rings (SSSR count). The van der Waals surface area contributed by atoms with Crippen LogP contribution in [0, 0.1) is 6.92 Å². The van der Waals surface area contributed by atoms with Gasteiger partial charge in [0.15, 0.2) is 0 Å². The Bertz CT molecular complexity index is 640. The smallest absolute Gasteiger partial charge is 0.244 e. The molecule has 0 atom stereocenters. The van der Waals surface area contributed by atoms with Crippen molar-refractivity contribution in [3.63, 3.8) is 0 Å². The summed E-state index contributed by atoms with van der Waals surface area (Å²) in [5, 5.41) is 11.5. The monoisotopic (exact) mass is 302 g/mol. The predicted molar refractivity (Wildman–Crippen MR) is 81.8 cm³/mol. The molecule has 0 bridgehead atoms. The number of nitrogens with one attached hydrogen (secondary N) is 1. The van der Waals surface area contributed by atoms with E-state index in [-0.39, 0.29) is 0 Å². The van der Waals surface area contributed by atoms with Crippen molar-refractivity contribution >= 4 is 5.95 Å². The number of anilines is 1. The second-order valence-corrected chi connectivity index (χ2v) is 6.22. The van der Waals surface area contributed by atoms with Gasteiger partial charge in [-0.3, -0.25) is 10.00 Å². The first-order valence-electron chi connectivity index (χ1n) is 8.12. The van der Waals surface area contributed by atoms with Gasteiger partial charge in [0.1, 0.15) is 17.3 Å². The number of rotatable bonds is 3. The average molecular weight is 302 g/mol. The molecule has 0 spiro atoms. The van der Waals surface area contributed by atoms with Gasteiger partial charge in [-0.15, -0.1) is 5.10 Å². The quantitative estimate of drug-likeness (QED) is 0.921. The Balaban J connectivity index is 1.37. The van der Waals surface area contributed by atoms with Gasteiger partial charge in [-0.25, -0.2) is 0 Å². The number of aromatic amines is 1. The largest absolute Gasteiger partial charge is 0.361 e. The van der Waals surface area contributed by atoms with Crippen LogP contribution in [0.25, 0.3) is 0 Å². The fraction of sp³-hybridized carbons (Fsp3) is 0.667. The summed E-state index contributed by atoms with van der Waals surface area (Å²) in [6.45, 7) is 6.76. The molecule has 118 valence electrons. The van der Waals surface area contributed by atoms with E-state index in [1.54, 1.807) is 0 Å². The molecule has 2 aliphatic rings. The third kappa shape index (κ3) is 2.61. The average Bonchev–Trinajstić information content (AvgIpc) is 3.15. The van der Waals surface area contributed by atoms with E-state index in [1.165, 1.54) is 18.4 Å². The number of nitrogens with zero attached hydrogens (tertiary/aromatic N) is 5. The van der Waals surface area contributed by atoms with Crippen molar-refractivity contribution in [3.8, 4) is 0 Å². The van der Waals surface area contributed by atoms with E-state index >= 15 is 0 Å². The highest BCUT2D eigenvalue weighted by Crippen LogP contribution is 2.25. The number of hydrogen-bond donors (Lipinski definition) is 1. The molecular weight excluding hydrogens is 280 g/mol. The molecule has 1 N–H and O–H groups in total. The lowest BCUT2D eigenvalue weighted by atomic mass is 9.96. The Morgan fingerprint density at radius 1 is 1.14 bits per heavy atom. The fourth-order valence-electron chi connectivity index (χ4n) is 3.36. The van der Waals surface area contributed by atoms with E-state index in [2.05, 4.69) is 30.1 Å². The van der Waals surface area contributed by atoms with Gasteiger partial charge in [-0.1, -0.05) is 5.16 Å². The molecule has 3 heterocycles. The number of piperazine rings is 1. The zero-order valence-corrected chi connectivity index (χ0v) is 13.0. The highest BCUT2D eigenvalue weighted by atomic mass is 16.5. The minimum absolute atomic E-state index is 0.816. The second-order valence-electron chi connectivity index (χ2n) is 6.22. The Morgan fingerprint density at radius 2 is 1.95 bits per heavy atom. The zero-order chi connectivity index (χ0) is 14.9. The van der Waals surface area contributed by atoms with Crippen LogP contribution in [0.3, 0.4) is 0 Å². The Morgan fingerprint density at radius 3 is 2.73 bits per heavy atom. The molecule has 0 amide bonds. The van der Waals surface area contributed by atoms with Gasteiger partial charge >= 0.3 is 0 Å². The molecule has 0 aromatic carbocycles. The summed E-state index contributed by atoms with van der Waals surface area (Å²) in [6, 6.07) is 0. The fourth-order valence-corrected chi connectivity index (χ4v) is 3.36.